The summed E-state index contributed by atoms with van der Waals surface area (Å²) in [5, 5.41) is 0. The maximum absolute atomic E-state index is 12.5. The Balaban J connectivity index is 1.94. The largest absolute Gasteiger partial charge is 0.573 e. The van der Waals surface area contributed by atoms with E-state index in [9.17, 15) is 22.8 Å². The van der Waals surface area contributed by atoms with Crippen molar-refractivity contribution in [3.05, 3.63) is 65.2 Å². The second kappa shape index (κ2) is 8.43. The van der Waals surface area contributed by atoms with Gasteiger partial charge in [-0.3, -0.25) is 10.2 Å². The van der Waals surface area contributed by atoms with Gasteiger partial charge in [0.2, 0.25) is 0 Å². The second-order valence-corrected chi connectivity index (χ2v) is 5.76. The van der Waals surface area contributed by atoms with Gasteiger partial charge in [0, 0.05) is 18.2 Å². The predicted octanol–water partition coefficient (Wildman–Crippen LogP) is 3.38. The molecule has 2 aromatic carbocycles. The molecule has 0 aliphatic rings. The number of aryl methyl sites for hydroxylation is 1. The monoisotopic (exact) mass is 381 g/mol. The lowest BCUT2D eigenvalue weighted by atomic mass is 10.1. The van der Waals surface area contributed by atoms with Crippen molar-refractivity contribution in [3.8, 4) is 5.75 Å². The Morgan fingerprint density at radius 1 is 1.04 bits per heavy atom. The van der Waals surface area contributed by atoms with E-state index in [0.717, 1.165) is 16.5 Å². The summed E-state index contributed by atoms with van der Waals surface area (Å²) in [5.41, 5.74) is 5.95. The number of hydrogen-bond acceptors (Lipinski definition) is 3. The summed E-state index contributed by atoms with van der Waals surface area (Å²) in [7, 11) is 1.37. The van der Waals surface area contributed by atoms with E-state index in [4.69, 9.17) is 0 Å². The first-order chi connectivity index (χ1) is 12.7. The Bertz CT molecular complexity index is 807. The number of amides is 3. The Hall–Kier alpha value is -3.23. The summed E-state index contributed by atoms with van der Waals surface area (Å²) in [6.45, 7) is 1.72. The van der Waals surface area contributed by atoms with E-state index >= 15 is 0 Å². The molecule has 0 aliphatic heterocycles. The zero-order valence-corrected chi connectivity index (χ0v) is 14.6. The van der Waals surface area contributed by atoms with E-state index in [1.807, 2.05) is 6.92 Å². The van der Waals surface area contributed by atoms with Crippen molar-refractivity contribution in [2.75, 3.05) is 7.05 Å². The van der Waals surface area contributed by atoms with Gasteiger partial charge in [0.15, 0.2) is 0 Å². The van der Waals surface area contributed by atoms with Gasteiger partial charge >= 0.3 is 12.4 Å². The highest BCUT2D eigenvalue weighted by Gasteiger charge is 2.32. The molecule has 27 heavy (non-hydrogen) atoms. The van der Waals surface area contributed by atoms with Crippen molar-refractivity contribution in [1.29, 1.82) is 0 Å². The van der Waals surface area contributed by atoms with Crippen LogP contribution in [0.3, 0.4) is 0 Å². The normalized spacial score (nSPS) is 10.9. The second-order valence-electron chi connectivity index (χ2n) is 5.76. The number of alkyl halides is 3. The molecule has 0 saturated carbocycles. The van der Waals surface area contributed by atoms with Gasteiger partial charge in [-0.2, -0.15) is 0 Å². The van der Waals surface area contributed by atoms with E-state index in [0.29, 0.717) is 5.56 Å². The smallest absolute Gasteiger partial charge is 0.405 e. The van der Waals surface area contributed by atoms with Crippen LogP contribution in [0.2, 0.25) is 0 Å². The quantitative estimate of drug-likeness (QED) is 0.798. The molecule has 9 heteroatoms. The SMILES string of the molecule is Cc1ccc(C(=O)NNC(=O)N(C)Cc2ccccc2OC(F)(F)F)cc1. The Morgan fingerprint density at radius 2 is 1.67 bits per heavy atom. The van der Waals surface area contributed by atoms with Crippen LogP contribution in [-0.4, -0.2) is 30.2 Å². The minimum absolute atomic E-state index is 0.154. The minimum atomic E-state index is -4.83. The van der Waals surface area contributed by atoms with Gasteiger partial charge in [-0.05, 0) is 25.1 Å². The van der Waals surface area contributed by atoms with E-state index in [2.05, 4.69) is 15.6 Å². The predicted molar refractivity (Wildman–Crippen MR) is 91.8 cm³/mol. The number of benzene rings is 2. The van der Waals surface area contributed by atoms with Crippen molar-refractivity contribution in [3.63, 3.8) is 0 Å². The molecule has 2 N–H and O–H groups in total. The highest BCUT2D eigenvalue weighted by atomic mass is 19.4. The van der Waals surface area contributed by atoms with Crippen molar-refractivity contribution in [1.82, 2.24) is 15.8 Å². The maximum atomic E-state index is 12.5. The van der Waals surface area contributed by atoms with Gasteiger partial charge in [-0.1, -0.05) is 35.9 Å². The topological polar surface area (TPSA) is 70.7 Å². The zero-order valence-electron chi connectivity index (χ0n) is 14.6. The number of nitrogens with one attached hydrogen (secondary N) is 2. The summed E-state index contributed by atoms with van der Waals surface area (Å²) in [6.07, 6.45) is -4.83. The number of ether oxygens (including phenoxy) is 1. The van der Waals surface area contributed by atoms with Crippen LogP contribution in [0.1, 0.15) is 21.5 Å². The average molecular weight is 381 g/mol. The van der Waals surface area contributed by atoms with Crippen LogP contribution >= 0.6 is 0 Å². The van der Waals surface area contributed by atoms with Crippen LogP contribution in [0, 0.1) is 6.92 Å². The molecule has 0 radical (unpaired) electrons. The standard InChI is InChI=1S/C18H18F3N3O3/c1-12-7-9-13(10-8-12)16(25)22-23-17(26)24(2)11-14-5-3-4-6-15(14)27-18(19,20)21/h3-10H,11H2,1-2H3,(H,22,25)(H,23,26). The number of urea groups is 1. The summed E-state index contributed by atoms with van der Waals surface area (Å²) in [6, 6.07) is 11.5. The molecule has 0 spiro atoms. The molecule has 0 bridgehead atoms. The fourth-order valence-electron chi connectivity index (χ4n) is 2.17. The van der Waals surface area contributed by atoms with Crippen LogP contribution in [0.4, 0.5) is 18.0 Å². The summed E-state index contributed by atoms with van der Waals surface area (Å²) in [5.74, 6) is -0.911. The number of hydrazine groups is 1. The van der Waals surface area contributed by atoms with Crippen LogP contribution in [-0.2, 0) is 6.54 Å². The zero-order chi connectivity index (χ0) is 20.0. The van der Waals surface area contributed by atoms with E-state index in [-0.39, 0.29) is 12.1 Å². The number of hydrogen-bond donors (Lipinski definition) is 2. The molecule has 2 rings (SSSR count). The van der Waals surface area contributed by atoms with Gasteiger partial charge in [-0.25, -0.2) is 10.2 Å². The molecule has 6 nitrogen and oxygen atoms in total. The summed E-state index contributed by atoms with van der Waals surface area (Å²) < 4.78 is 41.3. The van der Waals surface area contributed by atoms with Gasteiger partial charge in [0.25, 0.3) is 5.91 Å². The third-order valence-corrected chi connectivity index (χ3v) is 3.55. The van der Waals surface area contributed by atoms with Crippen LogP contribution in [0.25, 0.3) is 0 Å². The van der Waals surface area contributed by atoms with Gasteiger partial charge in [0.1, 0.15) is 5.75 Å². The average Bonchev–Trinajstić information content (AvgIpc) is 2.60. The molecular weight excluding hydrogens is 363 g/mol. The third-order valence-electron chi connectivity index (χ3n) is 3.55. The fourth-order valence-corrected chi connectivity index (χ4v) is 2.17. The highest BCUT2D eigenvalue weighted by Crippen LogP contribution is 2.26. The van der Waals surface area contributed by atoms with Gasteiger partial charge in [-0.15, -0.1) is 13.2 Å². The Labute approximate surface area is 153 Å². The number of nitrogens with zero attached hydrogens (tertiary/aromatic N) is 1. The number of carbonyl (C=O) groups excluding carboxylic acids is 2. The first kappa shape index (κ1) is 20.1. The first-order valence-electron chi connectivity index (χ1n) is 7.87. The van der Waals surface area contributed by atoms with Crippen LogP contribution in [0.15, 0.2) is 48.5 Å². The molecule has 0 aliphatic carbocycles. The molecule has 0 saturated heterocycles. The van der Waals surface area contributed by atoms with Gasteiger partial charge < -0.3 is 9.64 Å². The lowest BCUT2D eigenvalue weighted by Gasteiger charge is -2.20. The van der Waals surface area contributed by atoms with E-state index in [1.54, 1.807) is 24.3 Å². The Morgan fingerprint density at radius 3 is 2.30 bits per heavy atom. The Kier molecular flexibility index (Phi) is 6.27. The van der Waals surface area contributed by atoms with Gasteiger partial charge in [0.05, 0.1) is 6.54 Å². The number of para-hydroxylation sites is 1. The van der Waals surface area contributed by atoms with E-state index < -0.39 is 24.1 Å². The number of halogens is 3. The third kappa shape index (κ3) is 6.21. The molecule has 0 aromatic heterocycles. The van der Waals surface area contributed by atoms with Crippen molar-refractivity contribution in [2.24, 2.45) is 0 Å². The molecule has 0 heterocycles. The lowest BCUT2D eigenvalue weighted by Crippen LogP contribution is -2.47. The van der Waals surface area contributed by atoms with E-state index in [1.165, 1.54) is 25.2 Å². The molecule has 3 amide bonds. The molecule has 0 unspecified atom stereocenters. The van der Waals surface area contributed by atoms with Crippen LogP contribution < -0.4 is 15.6 Å². The lowest BCUT2D eigenvalue weighted by molar-refractivity contribution is -0.275. The van der Waals surface area contributed by atoms with Crippen molar-refractivity contribution < 1.29 is 27.5 Å². The molecule has 0 fully saturated rings. The summed E-state index contributed by atoms with van der Waals surface area (Å²) in [4.78, 5) is 25.1. The van der Waals surface area contributed by atoms with Crippen LogP contribution in [0.5, 0.6) is 5.75 Å². The molecule has 0 atom stereocenters. The highest BCUT2D eigenvalue weighted by molar-refractivity contribution is 5.95. The number of rotatable bonds is 4. The molecular formula is C18H18F3N3O3. The fraction of sp³-hybridized carbons (Fsp3) is 0.222. The molecule has 144 valence electrons. The first-order valence-corrected chi connectivity index (χ1v) is 7.87. The van der Waals surface area contributed by atoms with Crippen molar-refractivity contribution in [2.45, 2.75) is 19.8 Å². The number of carbonyl (C=O) groups is 2. The maximum Gasteiger partial charge on any atom is 0.573 e. The molecule has 2 aromatic rings. The minimum Gasteiger partial charge on any atom is -0.405 e. The summed E-state index contributed by atoms with van der Waals surface area (Å²) >= 11 is 0. The van der Waals surface area contributed by atoms with Crippen molar-refractivity contribution >= 4 is 11.9 Å².